The van der Waals surface area contributed by atoms with Crippen LogP contribution in [0.25, 0.3) is 11.1 Å². The van der Waals surface area contributed by atoms with Gasteiger partial charge in [0.05, 0.1) is 12.3 Å². The normalized spacial score (nSPS) is 23.8. The zero-order chi connectivity index (χ0) is 20.9. The molecule has 2 aromatic carbocycles. The maximum Gasteiger partial charge on any atom is 0.166 e. The molecule has 0 amide bonds. The molecule has 0 spiro atoms. The highest BCUT2D eigenvalue weighted by atomic mass is 16.5. The number of carbonyl (C=O) groups is 1. The first kappa shape index (κ1) is 19.2. The van der Waals surface area contributed by atoms with Crippen LogP contribution < -0.4 is 0 Å². The van der Waals surface area contributed by atoms with Gasteiger partial charge in [-0.2, -0.15) is 0 Å². The van der Waals surface area contributed by atoms with Gasteiger partial charge in [0.25, 0.3) is 0 Å². The van der Waals surface area contributed by atoms with E-state index in [1.54, 1.807) is 0 Å². The highest BCUT2D eigenvalue weighted by Gasteiger charge is 2.54. The molecule has 1 fully saturated rings. The fourth-order valence-corrected chi connectivity index (χ4v) is 5.51. The number of fused-ring (bicyclic) bond motifs is 1. The number of Topliss-reactive ketones (excluding diaryl/α,β-unsaturated/α-hetero) is 1. The van der Waals surface area contributed by atoms with Gasteiger partial charge >= 0.3 is 0 Å². The molecule has 1 N–H and O–H groups in total. The highest BCUT2D eigenvalue weighted by Crippen LogP contribution is 2.48. The Balaban J connectivity index is 1.77. The number of likely N-dealkylation sites (tertiary alicyclic amines) is 1. The number of nitrogens with zero attached hydrogens (tertiary/aromatic N) is 2. The summed E-state index contributed by atoms with van der Waals surface area (Å²) in [6, 6.07) is 16.3. The van der Waals surface area contributed by atoms with E-state index in [2.05, 4.69) is 28.3 Å². The molecule has 2 atom stereocenters. The molecule has 0 radical (unpaired) electrons. The van der Waals surface area contributed by atoms with Crippen molar-refractivity contribution >= 4 is 5.78 Å². The van der Waals surface area contributed by atoms with Gasteiger partial charge in [-0.25, -0.2) is 0 Å². The van der Waals surface area contributed by atoms with Crippen LogP contribution in [0.5, 0.6) is 0 Å². The summed E-state index contributed by atoms with van der Waals surface area (Å²) < 4.78 is 5.40. The number of aromatic nitrogens is 1. The van der Waals surface area contributed by atoms with Crippen LogP contribution in [0.4, 0.5) is 0 Å². The van der Waals surface area contributed by atoms with E-state index in [0.717, 1.165) is 58.7 Å². The van der Waals surface area contributed by atoms with Crippen LogP contribution in [-0.2, 0) is 16.8 Å². The van der Waals surface area contributed by atoms with Crippen molar-refractivity contribution in [2.24, 2.45) is 0 Å². The number of rotatable bonds is 4. The number of hydrogen-bond donors (Lipinski definition) is 1. The van der Waals surface area contributed by atoms with Gasteiger partial charge in [0.1, 0.15) is 11.3 Å². The molecule has 3 aromatic rings. The number of aliphatic hydroxyl groups is 1. The minimum Gasteiger partial charge on any atom is -0.395 e. The number of aryl methyl sites for hydroxylation is 2. The average molecular weight is 402 g/mol. The predicted molar refractivity (Wildman–Crippen MR) is 114 cm³/mol. The van der Waals surface area contributed by atoms with Gasteiger partial charge in [-0.15, -0.1) is 0 Å². The zero-order valence-corrected chi connectivity index (χ0v) is 17.4. The summed E-state index contributed by atoms with van der Waals surface area (Å²) in [6.07, 6.45) is 2.28. The Hall–Kier alpha value is -2.76. The molecule has 0 saturated carbocycles. The van der Waals surface area contributed by atoms with Crippen molar-refractivity contribution in [3.8, 4) is 11.1 Å². The average Bonchev–Trinajstić information content (AvgIpc) is 3.44. The third-order valence-corrected chi connectivity index (χ3v) is 6.79. The number of aliphatic hydroxyl groups excluding tert-OH is 1. The molecule has 1 unspecified atom stereocenters. The number of hydrogen-bond acceptors (Lipinski definition) is 5. The van der Waals surface area contributed by atoms with Crippen LogP contribution in [0.3, 0.4) is 0 Å². The van der Waals surface area contributed by atoms with E-state index >= 15 is 0 Å². The van der Waals surface area contributed by atoms with Crippen molar-refractivity contribution in [1.29, 1.82) is 0 Å². The lowest BCUT2D eigenvalue weighted by Crippen LogP contribution is -2.53. The number of ketones is 1. The second-order valence-electron chi connectivity index (χ2n) is 8.42. The van der Waals surface area contributed by atoms with Gasteiger partial charge in [0, 0.05) is 24.6 Å². The van der Waals surface area contributed by atoms with Crippen LogP contribution in [0.2, 0.25) is 0 Å². The largest absolute Gasteiger partial charge is 0.395 e. The molecular formula is C25H26N2O3. The summed E-state index contributed by atoms with van der Waals surface area (Å²) in [5, 5.41) is 14.2. The number of benzene rings is 2. The first-order valence-electron chi connectivity index (χ1n) is 10.6. The first-order chi connectivity index (χ1) is 14.6. The van der Waals surface area contributed by atoms with E-state index in [1.807, 2.05) is 44.2 Å². The molecule has 5 nitrogen and oxygen atoms in total. The maximum atomic E-state index is 13.8. The lowest BCUT2D eigenvalue weighted by atomic mass is 9.80. The van der Waals surface area contributed by atoms with E-state index < -0.39 is 5.54 Å². The molecule has 5 heteroatoms. The van der Waals surface area contributed by atoms with E-state index in [0.29, 0.717) is 6.42 Å². The van der Waals surface area contributed by atoms with Crippen LogP contribution in [0.15, 0.2) is 53.1 Å². The third kappa shape index (κ3) is 2.62. The van der Waals surface area contributed by atoms with Crippen molar-refractivity contribution in [2.45, 2.75) is 44.7 Å². The molecule has 0 bridgehead atoms. The summed E-state index contributed by atoms with van der Waals surface area (Å²) in [7, 11) is 0. The molecule has 1 aliphatic carbocycles. The fourth-order valence-electron chi connectivity index (χ4n) is 5.51. The Morgan fingerprint density at radius 2 is 2.00 bits per heavy atom. The summed E-state index contributed by atoms with van der Waals surface area (Å²) in [6.45, 7) is 4.71. The van der Waals surface area contributed by atoms with Gasteiger partial charge in [-0.3, -0.25) is 9.69 Å². The molecule has 1 aliphatic heterocycles. The van der Waals surface area contributed by atoms with Gasteiger partial charge < -0.3 is 9.63 Å². The Morgan fingerprint density at radius 3 is 2.70 bits per heavy atom. The standard InChI is InChI=1S/C25H26N2O3/c1-16-24(17(2)30-26-16)19-11-10-18-14-23(29)25(22(18)13-19,20-7-4-3-5-8-20)27-12-6-9-21(27)15-28/h3-5,7-8,10-11,13,21,28H,6,9,12,14-15H2,1-2H3/t21-,25?/m0/s1. The highest BCUT2D eigenvalue weighted by molar-refractivity contribution is 6.00. The van der Waals surface area contributed by atoms with E-state index in [4.69, 9.17) is 4.52 Å². The van der Waals surface area contributed by atoms with E-state index in [-0.39, 0.29) is 18.4 Å². The summed E-state index contributed by atoms with van der Waals surface area (Å²) in [5.74, 6) is 0.955. The molecule has 1 aromatic heterocycles. The minimum atomic E-state index is -0.866. The Kier molecular flexibility index (Phi) is 4.60. The zero-order valence-electron chi connectivity index (χ0n) is 17.4. The van der Waals surface area contributed by atoms with Crippen molar-refractivity contribution in [3.05, 3.63) is 76.7 Å². The Labute approximate surface area is 176 Å². The Bertz CT molecular complexity index is 1090. The van der Waals surface area contributed by atoms with Gasteiger partial charge in [0.15, 0.2) is 5.78 Å². The summed E-state index contributed by atoms with van der Waals surface area (Å²) in [4.78, 5) is 16.0. The lowest BCUT2D eigenvalue weighted by molar-refractivity contribution is -0.128. The fraction of sp³-hybridized carbons (Fsp3) is 0.360. The summed E-state index contributed by atoms with van der Waals surface area (Å²) in [5.41, 5.74) is 5.04. The van der Waals surface area contributed by atoms with E-state index in [9.17, 15) is 9.90 Å². The monoisotopic (exact) mass is 402 g/mol. The third-order valence-electron chi connectivity index (χ3n) is 6.79. The topological polar surface area (TPSA) is 66.6 Å². The number of carbonyl (C=O) groups excluding carboxylic acids is 1. The smallest absolute Gasteiger partial charge is 0.166 e. The van der Waals surface area contributed by atoms with Crippen molar-refractivity contribution in [2.75, 3.05) is 13.2 Å². The quantitative estimate of drug-likeness (QED) is 0.719. The molecule has 5 rings (SSSR count). The van der Waals surface area contributed by atoms with E-state index in [1.165, 1.54) is 0 Å². The minimum absolute atomic E-state index is 0.0252. The molecular weight excluding hydrogens is 376 g/mol. The van der Waals surface area contributed by atoms with Gasteiger partial charge in [-0.05, 0) is 55.0 Å². The van der Waals surface area contributed by atoms with Crippen LogP contribution in [0, 0.1) is 13.8 Å². The van der Waals surface area contributed by atoms with Gasteiger partial charge in [-0.1, -0.05) is 47.6 Å². The summed E-state index contributed by atoms with van der Waals surface area (Å²) >= 11 is 0. The second-order valence-corrected chi connectivity index (χ2v) is 8.42. The Morgan fingerprint density at radius 1 is 1.20 bits per heavy atom. The van der Waals surface area contributed by atoms with Crippen molar-refractivity contribution < 1.29 is 14.4 Å². The lowest BCUT2D eigenvalue weighted by Gasteiger charge is -2.42. The van der Waals surface area contributed by atoms with Crippen LogP contribution in [-0.4, -0.2) is 40.1 Å². The van der Waals surface area contributed by atoms with Crippen molar-refractivity contribution in [3.63, 3.8) is 0 Å². The predicted octanol–water partition coefficient (Wildman–Crippen LogP) is 3.78. The molecule has 2 aliphatic rings. The van der Waals surface area contributed by atoms with Gasteiger partial charge in [0.2, 0.25) is 0 Å². The first-order valence-corrected chi connectivity index (χ1v) is 10.6. The maximum absolute atomic E-state index is 13.8. The second kappa shape index (κ2) is 7.18. The molecule has 154 valence electrons. The molecule has 30 heavy (non-hydrogen) atoms. The van der Waals surface area contributed by atoms with Crippen LogP contribution >= 0.6 is 0 Å². The molecule has 1 saturated heterocycles. The van der Waals surface area contributed by atoms with Crippen molar-refractivity contribution in [1.82, 2.24) is 10.1 Å². The molecule has 2 heterocycles. The van der Waals surface area contributed by atoms with Crippen LogP contribution in [0.1, 0.15) is 41.0 Å². The SMILES string of the molecule is Cc1noc(C)c1-c1ccc2c(c1)C(c1ccccc1)(N1CCC[C@H]1CO)C(=O)C2.